The molecule has 2 N–H and O–H groups in total. The van der Waals surface area contributed by atoms with Crippen molar-refractivity contribution < 1.29 is 29.3 Å². The smallest absolute Gasteiger partial charge is 0.336 e. The lowest BCUT2D eigenvalue weighted by molar-refractivity contribution is -0.135. The molecule has 1 amide bonds. The number of thioether (sulfide) groups is 2. The number of hydrogen-bond acceptors (Lipinski definition) is 9. The van der Waals surface area contributed by atoms with E-state index >= 15 is 0 Å². The van der Waals surface area contributed by atoms with Gasteiger partial charge in [0.15, 0.2) is 5.69 Å². The molecule has 0 fully saturated rings. The molecule has 3 heterocycles. The Bertz CT molecular complexity index is 1680. The van der Waals surface area contributed by atoms with Gasteiger partial charge in [0, 0.05) is 27.7 Å². The maximum atomic E-state index is 12.1. The first-order chi connectivity index (χ1) is 18.6. The van der Waals surface area contributed by atoms with E-state index in [9.17, 15) is 24.6 Å². The summed E-state index contributed by atoms with van der Waals surface area (Å²) in [5.41, 5.74) is 2.47. The minimum absolute atomic E-state index is 0.0352. The van der Waals surface area contributed by atoms with Crippen LogP contribution in [0.4, 0.5) is 5.69 Å². The number of aliphatic imine (C=N–C) groups is 1. The molecule has 2 aliphatic rings. The predicted molar refractivity (Wildman–Crippen MR) is 150 cm³/mol. The number of esters is 1. The molecule has 2 aromatic carbocycles. The number of benzene rings is 2. The number of carbonyl (C=O) groups excluding carboxylic acids is 2. The molecule has 0 saturated carbocycles. The maximum Gasteiger partial charge on any atom is 0.336 e. The van der Waals surface area contributed by atoms with E-state index in [4.69, 9.17) is 0 Å². The van der Waals surface area contributed by atoms with Gasteiger partial charge in [-0.05, 0) is 43.3 Å². The fourth-order valence-electron chi connectivity index (χ4n) is 4.54. The van der Waals surface area contributed by atoms with E-state index in [0.29, 0.717) is 16.0 Å². The number of aromatic nitrogens is 1. The highest BCUT2D eigenvalue weighted by Crippen LogP contribution is 2.49. The fourth-order valence-corrected chi connectivity index (χ4v) is 6.27. The standard InChI is InChI=1S/C27H22N4O6S2/c1-27(2)12-14(13-38-18-10-5-4-7-16(18)25(35)36)15-8-6-9-17-21(24(34)31(27)22(15)17)29-30-26-28-23(33)19(39-26)11-20(32)37-3/h4-12,34H,13H2,1-3H3,(H,35,36)/b19-11-,30-29?. The first-order valence-electron chi connectivity index (χ1n) is 11.7. The Hall–Kier alpha value is -4.16. The van der Waals surface area contributed by atoms with Crippen LogP contribution >= 0.6 is 23.5 Å². The van der Waals surface area contributed by atoms with Crippen molar-refractivity contribution in [2.45, 2.75) is 24.3 Å². The van der Waals surface area contributed by atoms with Gasteiger partial charge in [-0.15, -0.1) is 22.0 Å². The van der Waals surface area contributed by atoms with Crippen LogP contribution < -0.4 is 0 Å². The summed E-state index contributed by atoms with van der Waals surface area (Å²) in [5.74, 6) is -1.86. The molecule has 0 bridgehead atoms. The van der Waals surface area contributed by atoms with Crippen LogP contribution in [-0.4, -0.2) is 50.7 Å². The van der Waals surface area contributed by atoms with Crippen LogP contribution in [0.5, 0.6) is 5.88 Å². The Morgan fingerprint density at radius 3 is 2.69 bits per heavy atom. The zero-order valence-electron chi connectivity index (χ0n) is 21.0. The van der Waals surface area contributed by atoms with E-state index in [1.807, 2.05) is 44.2 Å². The number of azo groups is 1. The number of methoxy groups -OCH3 is 1. The number of hydrogen-bond donors (Lipinski definition) is 2. The summed E-state index contributed by atoms with van der Waals surface area (Å²) in [6, 6.07) is 12.5. The number of amidine groups is 1. The lowest BCUT2D eigenvalue weighted by Gasteiger charge is -2.31. The molecule has 0 radical (unpaired) electrons. The van der Waals surface area contributed by atoms with E-state index < -0.39 is 23.4 Å². The number of amides is 1. The van der Waals surface area contributed by atoms with Crippen molar-refractivity contribution in [1.82, 2.24) is 4.57 Å². The number of carboxylic acids is 1. The molecule has 0 saturated heterocycles. The average Bonchev–Trinajstić information content (AvgIpc) is 3.40. The molecule has 5 rings (SSSR count). The van der Waals surface area contributed by atoms with Crippen molar-refractivity contribution in [3.05, 3.63) is 70.6 Å². The number of allylic oxidation sites excluding steroid dienone is 1. The van der Waals surface area contributed by atoms with Gasteiger partial charge in [-0.1, -0.05) is 36.4 Å². The minimum Gasteiger partial charge on any atom is -0.493 e. The van der Waals surface area contributed by atoms with E-state index in [2.05, 4.69) is 20.0 Å². The number of carbonyl (C=O) groups is 3. The summed E-state index contributed by atoms with van der Waals surface area (Å²) in [7, 11) is 1.21. The van der Waals surface area contributed by atoms with Crippen molar-refractivity contribution in [2.24, 2.45) is 15.2 Å². The highest BCUT2D eigenvalue weighted by molar-refractivity contribution is 8.18. The molecule has 0 aliphatic carbocycles. The van der Waals surface area contributed by atoms with E-state index in [1.54, 1.807) is 22.8 Å². The van der Waals surface area contributed by atoms with Crippen LogP contribution in [0.2, 0.25) is 0 Å². The van der Waals surface area contributed by atoms with Crippen molar-refractivity contribution in [3.8, 4) is 5.88 Å². The Labute approximate surface area is 231 Å². The number of aromatic carboxylic acids is 1. The van der Waals surface area contributed by atoms with E-state index in [0.717, 1.165) is 34.5 Å². The van der Waals surface area contributed by atoms with Gasteiger partial charge in [0.05, 0.1) is 28.6 Å². The number of carboxylic acid groups (broad SMARTS) is 1. The molecule has 3 aromatic rings. The average molecular weight is 563 g/mol. The lowest BCUT2D eigenvalue weighted by atomic mass is 9.92. The molecule has 0 atom stereocenters. The highest BCUT2D eigenvalue weighted by atomic mass is 32.2. The maximum absolute atomic E-state index is 12.1. The third-order valence-corrected chi connectivity index (χ3v) is 8.17. The molecular formula is C27H22N4O6S2. The first-order valence-corrected chi connectivity index (χ1v) is 13.5. The quantitative estimate of drug-likeness (QED) is 0.168. The number of aromatic hydroxyl groups is 1. The molecule has 198 valence electrons. The topological polar surface area (TPSA) is 143 Å². The number of rotatable bonds is 6. The third-order valence-electron chi connectivity index (χ3n) is 6.18. The largest absolute Gasteiger partial charge is 0.493 e. The van der Waals surface area contributed by atoms with Crippen LogP contribution in [0.15, 0.2) is 79.6 Å². The Morgan fingerprint density at radius 1 is 1.18 bits per heavy atom. The van der Waals surface area contributed by atoms with Gasteiger partial charge in [0.2, 0.25) is 11.0 Å². The second-order valence-corrected chi connectivity index (χ2v) is 11.2. The van der Waals surface area contributed by atoms with Crippen LogP contribution in [0.1, 0.15) is 29.8 Å². The molecule has 2 aliphatic heterocycles. The molecule has 39 heavy (non-hydrogen) atoms. The molecule has 1 aromatic heterocycles. The SMILES string of the molecule is COC(=O)/C=C1\SC(N=Nc2c(O)n3c4c(cccc24)C(CSc2ccccc2C(=O)O)=CC3(C)C)=NC1=O. The normalized spacial score (nSPS) is 17.1. The molecule has 12 heteroatoms. The Morgan fingerprint density at radius 2 is 1.95 bits per heavy atom. The minimum atomic E-state index is -0.980. The zero-order chi connectivity index (χ0) is 27.9. The summed E-state index contributed by atoms with van der Waals surface area (Å²) in [6.07, 6.45) is 3.09. The van der Waals surface area contributed by atoms with Gasteiger partial charge in [-0.25, -0.2) is 9.59 Å². The lowest BCUT2D eigenvalue weighted by Crippen LogP contribution is -2.27. The van der Waals surface area contributed by atoms with Gasteiger partial charge < -0.3 is 19.5 Å². The second kappa shape index (κ2) is 10.2. The Balaban J connectivity index is 1.49. The molecule has 10 nitrogen and oxygen atoms in total. The van der Waals surface area contributed by atoms with Crippen molar-refractivity contribution in [3.63, 3.8) is 0 Å². The summed E-state index contributed by atoms with van der Waals surface area (Å²) in [4.78, 5) is 39.8. The van der Waals surface area contributed by atoms with Crippen molar-refractivity contribution in [2.75, 3.05) is 12.9 Å². The van der Waals surface area contributed by atoms with Gasteiger partial charge in [-0.2, -0.15) is 4.99 Å². The molecule has 0 spiro atoms. The van der Waals surface area contributed by atoms with Gasteiger partial charge in [-0.3, -0.25) is 4.79 Å². The zero-order valence-corrected chi connectivity index (χ0v) is 22.7. The molecule has 0 unspecified atom stereocenters. The Kier molecular flexibility index (Phi) is 6.91. The first kappa shape index (κ1) is 26.4. The van der Waals surface area contributed by atoms with Crippen LogP contribution in [0, 0.1) is 0 Å². The van der Waals surface area contributed by atoms with Crippen LogP contribution in [-0.2, 0) is 19.9 Å². The predicted octanol–water partition coefficient (Wildman–Crippen LogP) is 5.74. The highest BCUT2D eigenvalue weighted by Gasteiger charge is 2.33. The monoisotopic (exact) mass is 562 g/mol. The van der Waals surface area contributed by atoms with Gasteiger partial charge in [0.1, 0.15) is 0 Å². The second-order valence-electron chi connectivity index (χ2n) is 9.16. The summed E-state index contributed by atoms with van der Waals surface area (Å²) >= 11 is 2.32. The van der Waals surface area contributed by atoms with Crippen LogP contribution in [0.25, 0.3) is 16.5 Å². The van der Waals surface area contributed by atoms with Gasteiger partial charge >= 0.3 is 11.9 Å². The summed E-state index contributed by atoms with van der Waals surface area (Å²) in [6.45, 7) is 3.91. The van der Waals surface area contributed by atoms with Gasteiger partial charge in [0.25, 0.3) is 5.91 Å². The summed E-state index contributed by atoms with van der Waals surface area (Å²) < 4.78 is 6.33. The van der Waals surface area contributed by atoms with E-state index in [1.165, 1.54) is 18.9 Å². The molecular weight excluding hydrogens is 540 g/mol. The number of ether oxygens (including phenoxy) is 1. The third kappa shape index (κ3) is 4.88. The number of nitrogens with zero attached hydrogens (tertiary/aromatic N) is 4. The fraction of sp³-hybridized carbons (Fsp3) is 0.185. The number of para-hydroxylation sites is 1. The van der Waals surface area contributed by atoms with Crippen molar-refractivity contribution in [1.29, 1.82) is 0 Å². The van der Waals surface area contributed by atoms with Crippen molar-refractivity contribution >= 4 is 68.7 Å². The summed E-state index contributed by atoms with van der Waals surface area (Å²) in [5, 5.41) is 29.8. The van der Waals surface area contributed by atoms with Crippen LogP contribution in [0.3, 0.4) is 0 Å². The van der Waals surface area contributed by atoms with E-state index in [-0.39, 0.29) is 27.2 Å².